The highest BCUT2D eigenvalue weighted by atomic mass is 16.5. The van der Waals surface area contributed by atoms with E-state index in [1.807, 2.05) is 6.07 Å². The van der Waals surface area contributed by atoms with Gasteiger partial charge in [-0.25, -0.2) is 0 Å². The first kappa shape index (κ1) is 17.1. The van der Waals surface area contributed by atoms with E-state index in [4.69, 9.17) is 13.9 Å². The molecule has 1 aromatic rings. The molecule has 3 fully saturated rings. The predicted molar refractivity (Wildman–Crippen MR) is 91.9 cm³/mol. The maximum atomic E-state index is 12.5. The summed E-state index contributed by atoms with van der Waals surface area (Å²) in [6.45, 7) is 5.24. The molecule has 3 aliphatic rings. The Labute approximate surface area is 148 Å². The number of nitrogens with zero attached hydrogens (tertiary/aromatic N) is 1. The largest absolute Gasteiger partial charge is 0.472 e. The molecule has 1 aromatic heterocycles. The minimum absolute atomic E-state index is 0.0716. The van der Waals surface area contributed by atoms with Gasteiger partial charge in [0.05, 0.1) is 18.6 Å². The monoisotopic (exact) mass is 348 g/mol. The third kappa shape index (κ3) is 4.25. The van der Waals surface area contributed by atoms with Crippen molar-refractivity contribution in [2.75, 3.05) is 32.8 Å². The van der Waals surface area contributed by atoms with Crippen molar-refractivity contribution in [3.8, 4) is 0 Å². The number of likely N-dealkylation sites (tertiary alicyclic amines) is 1. The van der Waals surface area contributed by atoms with Crippen molar-refractivity contribution in [2.24, 2.45) is 11.8 Å². The molecular weight excluding hydrogens is 320 g/mol. The fraction of sp³-hybridized carbons (Fsp3) is 0.737. The molecule has 0 bridgehead atoms. The highest BCUT2D eigenvalue weighted by Crippen LogP contribution is 2.33. The fourth-order valence-electron chi connectivity index (χ4n) is 4.26. The summed E-state index contributed by atoms with van der Waals surface area (Å²) in [6, 6.07) is 2.01. The van der Waals surface area contributed by atoms with E-state index >= 15 is 0 Å². The smallest absolute Gasteiger partial charge is 0.249 e. The zero-order chi connectivity index (χ0) is 17.1. The molecule has 4 rings (SSSR count). The Kier molecular flexibility index (Phi) is 5.39. The molecule has 0 spiro atoms. The van der Waals surface area contributed by atoms with Crippen LogP contribution in [0.5, 0.6) is 0 Å². The van der Waals surface area contributed by atoms with Crippen molar-refractivity contribution in [1.82, 2.24) is 10.2 Å². The van der Waals surface area contributed by atoms with Gasteiger partial charge in [0.2, 0.25) is 5.91 Å². The summed E-state index contributed by atoms with van der Waals surface area (Å²) in [5.74, 6) is 1.13. The summed E-state index contributed by atoms with van der Waals surface area (Å²) in [5.41, 5.74) is 1.20. The lowest BCUT2D eigenvalue weighted by Crippen LogP contribution is -2.42. The minimum atomic E-state index is -0.274. The topological polar surface area (TPSA) is 63.9 Å². The van der Waals surface area contributed by atoms with Crippen LogP contribution in [0.3, 0.4) is 0 Å². The molecule has 1 N–H and O–H groups in total. The van der Waals surface area contributed by atoms with Gasteiger partial charge in [0.25, 0.3) is 0 Å². The van der Waals surface area contributed by atoms with Crippen LogP contribution in [0.25, 0.3) is 0 Å². The Bertz CT molecular complexity index is 556. The molecule has 138 valence electrons. The number of nitrogens with one attached hydrogen (secondary N) is 1. The van der Waals surface area contributed by atoms with Crippen LogP contribution >= 0.6 is 0 Å². The summed E-state index contributed by atoms with van der Waals surface area (Å²) < 4.78 is 16.6. The van der Waals surface area contributed by atoms with E-state index in [-0.39, 0.29) is 18.1 Å². The second-order valence-corrected chi connectivity index (χ2v) is 7.62. The zero-order valence-corrected chi connectivity index (χ0v) is 14.7. The van der Waals surface area contributed by atoms with E-state index in [9.17, 15) is 4.79 Å². The molecule has 4 heterocycles. The average Bonchev–Trinajstić information content (AvgIpc) is 3.30. The molecule has 0 unspecified atom stereocenters. The Hall–Kier alpha value is -1.37. The maximum absolute atomic E-state index is 12.5. The Balaban J connectivity index is 1.23. The molecule has 1 amide bonds. The van der Waals surface area contributed by atoms with Crippen LogP contribution in [0.1, 0.15) is 31.2 Å². The number of furan rings is 1. The van der Waals surface area contributed by atoms with Crippen LogP contribution in [0.2, 0.25) is 0 Å². The van der Waals surface area contributed by atoms with E-state index in [1.165, 1.54) is 5.56 Å². The number of carbonyl (C=O) groups excluding carboxylic acids is 1. The number of hydrogen-bond donors (Lipinski definition) is 1. The molecule has 6 heteroatoms. The highest BCUT2D eigenvalue weighted by Gasteiger charge is 2.41. The minimum Gasteiger partial charge on any atom is -0.472 e. The van der Waals surface area contributed by atoms with E-state index in [2.05, 4.69) is 10.2 Å². The van der Waals surface area contributed by atoms with Gasteiger partial charge in [-0.15, -0.1) is 0 Å². The van der Waals surface area contributed by atoms with Gasteiger partial charge >= 0.3 is 0 Å². The van der Waals surface area contributed by atoms with Crippen LogP contribution in [0.15, 0.2) is 23.0 Å². The van der Waals surface area contributed by atoms with Gasteiger partial charge in [-0.1, -0.05) is 0 Å². The van der Waals surface area contributed by atoms with Gasteiger partial charge in [-0.3, -0.25) is 9.69 Å². The van der Waals surface area contributed by atoms with Crippen molar-refractivity contribution in [2.45, 2.75) is 44.4 Å². The summed E-state index contributed by atoms with van der Waals surface area (Å²) in [6.07, 6.45) is 7.47. The van der Waals surface area contributed by atoms with Crippen LogP contribution in [0, 0.1) is 11.8 Å². The SMILES string of the molecule is O=C(NCC1CCOCC1)[C@@H]1C[C@@H]2CCN(Cc3ccoc3)C[C@H]2O1. The summed E-state index contributed by atoms with van der Waals surface area (Å²) in [4.78, 5) is 14.9. The van der Waals surface area contributed by atoms with Crippen LogP contribution in [-0.4, -0.2) is 55.9 Å². The number of fused-ring (bicyclic) bond motifs is 1. The molecule has 0 radical (unpaired) electrons. The Morgan fingerprint density at radius 3 is 2.96 bits per heavy atom. The van der Waals surface area contributed by atoms with Gasteiger partial charge < -0.3 is 19.2 Å². The lowest BCUT2D eigenvalue weighted by molar-refractivity contribution is -0.133. The first-order chi connectivity index (χ1) is 12.3. The second-order valence-electron chi connectivity index (χ2n) is 7.62. The van der Waals surface area contributed by atoms with Crippen molar-refractivity contribution < 1.29 is 18.7 Å². The van der Waals surface area contributed by atoms with E-state index in [0.717, 1.165) is 65.1 Å². The van der Waals surface area contributed by atoms with Crippen LogP contribution < -0.4 is 5.32 Å². The third-order valence-corrected chi connectivity index (χ3v) is 5.82. The quantitative estimate of drug-likeness (QED) is 0.879. The van der Waals surface area contributed by atoms with Crippen molar-refractivity contribution >= 4 is 5.91 Å². The highest BCUT2D eigenvalue weighted by molar-refractivity contribution is 5.81. The molecule has 0 aromatic carbocycles. The van der Waals surface area contributed by atoms with Gasteiger partial charge in [0.15, 0.2) is 0 Å². The second kappa shape index (κ2) is 7.89. The lowest BCUT2D eigenvalue weighted by atomic mass is 9.91. The molecule has 3 atom stereocenters. The van der Waals surface area contributed by atoms with E-state index < -0.39 is 0 Å². The Morgan fingerprint density at radius 2 is 2.16 bits per heavy atom. The molecule has 3 saturated heterocycles. The van der Waals surface area contributed by atoms with E-state index in [0.29, 0.717) is 11.8 Å². The molecular formula is C19H28N2O4. The first-order valence-electron chi connectivity index (χ1n) is 9.52. The number of hydrogen-bond acceptors (Lipinski definition) is 5. The normalized spacial score (nSPS) is 31.0. The zero-order valence-electron chi connectivity index (χ0n) is 14.7. The van der Waals surface area contributed by atoms with Crippen molar-refractivity contribution in [3.63, 3.8) is 0 Å². The number of rotatable bonds is 5. The molecule has 0 saturated carbocycles. The summed E-state index contributed by atoms with van der Waals surface area (Å²) in [7, 11) is 0. The number of ether oxygens (including phenoxy) is 2. The van der Waals surface area contributed by atoms with Gasteiger partial charge in [-0.2, -0.15) is 0 Å². The predicted octanol–water partition coefficient (Wildman–Crippen LogP) is 1.80. The van der Waals surface area contributed by atoms with Crippen molar-refractivity contribution in [3.05, 3.63) is 24.2 Å². The summed E-state index contributed by atoms with van der Waals surface area (Å²) in [5, 5.41) is 3.11. The third-order valence-electron chi connectivity index (χ3n) is 5.82. The van der Waals surface area contributed by atoms with Gasteiger partial charge in [0.1, 0.15) is 6.10 Å². The van der Waals surface area contributed by atoms with Crippen LogP contribution in [-0.2, 0) is 20.8 Å². The van der Waals surface area contributed by atoms with Crippen LogP contribution in [0.4, 0.5) is 0 Å². The average molecular weight is 348 g/mol. The van der Waals surface area contributed by atoms with Gasteiger partial charge in [0, 0.05) is 38.4 Å². The first-order valence-corrected chi connectivity index (χ1v) is 9.52. The standard InChI is InChI=1S/C19H28N2O4/c22-19(20-10-14-2-6-23-7-3-14)17-9-16-1-5-21(12-18(16)25-17)11-15-4-8-24-13-15/h4,8,13-14,16-18H,1-3,5-7,9-12H2,(H,20,22)/t16-,17-,18+/m0/s1. The van der Waals surface area contributed by atoms with Gasteiger partial charge in [-0.05, 0) is 50.1 Å². The molecule has 3 aliphatic heterocycles. The molecule has 6 nitrogen and oxygen atoms in total. The number of carbonyl (C=O) groups is 1. The van der Waals surface area contributed by atoms with Crippen molar-refractivity contribution in [1.29, 1.82) is 0 Å². The summed E-state index contributed by atoms with van der Waals surface area (Å²) >= 11 is 0. The lowest BCUT2D eigenvalue weighted by Gasteiger charge is -2.33. The molecule has 0 aliphatic carbocycles. The Morgan fingerprint density at radius 1 is 1.28 bits per heavy atom. The van der Waals surface area contributed by atoms with E-state index in [1.54, 1.807) is 12.5 Å². The molecule has 25 heavy (non-hydrogen) atoms. The number of piperidine rings is 1. The maximum Gasteiger partial charge on any atom is 0.249 e. The fourth-order valence-corrected chi connectivity index (χ4v) is 4.26. The number of amides is 1.